The third-order valence-electron chi connectivity index (χ3n) is 2.23. The summed E-state index contributed by atoms with van der Waals surface area (Å²) >= 11 is 7.20. The largest absolute Gasteiger partial charge is 0.363 e. The monoisotopic (exact) mass is 218 g/mol. The molecule has 0 aromatic heterocycles. The molecule has 1 rings (SSSR count). The lowest BCUT2D eigenvalue weighted by Crippen LogP contribution is -2.44. The van der Waals surface area contributed by atoms with Gasteiger partial charge in [-0.3, -0.25) is 0 Å². The summed E-state index contributed by atoms with van der Waals surface area (Å²) < 4.78 is 0. The number of thiocarbonyl (C=S) groups is 1. The minimum Gasteiger partial charge on any atom is -0.363 e. The lowest BCUT2D eigenvalue weighted by atomic mass is 10.2. The summed E-state index contributed by atoms with van der Waals surface area (Å²) in [7, 11) is 0. The van der Waals surface area contributed by atoms with E-state index in [1.165, 1.54) is 12.2 Å². The van der Waals surface area contributed by atoms with E-state index in [9.17, 15) is 0 Å². The molecule has 2 atom stereocenters. The Balaban J connectivity index is 2.19. The molecule has 0 spiro atoms. The van der Waals surface area contributed by atoms with Gasteiger partial charge >= 0.3 is 0 Å². The number of nitrogens with one attached hydrogen (secondary N) is 2. The van der Waals surface area contributed by atoms with Gasteiger partial charge in [0, 0.05) is 17.8 Å². The maximum atomic E-state index is 5.18. The van der Waals surface area contributed by atoms with Crippen LogP contribution < -0.4 is 10.6 Å². The molecule has 0 saturated carbocycles. The van der Waals surface area contributed by atoms with Crippen molar-refractivity contribution in [2.75, 3.05) is 12.3 Å². The Morgan fingerprint density at radius 2 is 2.38 bits per heavy atom. The Kier molecular flexibility index (Phi) is 4.88. The fourth-order valence-corrected chi connectivity index (χ4v) is 2.83. The number of thioether (sulfide) groups is 1. The summed E-state index contributed by atoms with van der Waals surface area (Å²) in [6.45, 7) is 5.38. The van der Waals surface area contributed by atoms with Gasteiger partial charge in [-0.15, -0.1) is 0 Å². The van der Waals surface area contributed by atoms with Crippen LogP contribution in [0.25, 0.3) is 0 Å². The molecular formula is C9H18N2S2. The van der Waals surface area contributed by atoms with Crippen LogP contribution in [0.1, 0.15) is 26.7 Å². The fraction of sp³-hybridized carbons (Fsp3) is 0.889. The Morgan fingerprint density at radius 3 is 2.92 bits per heavy atom. The molecule has 76 valence electrons. The highest BCUT2D eigenvalue weighted by Crippen LogP contribution is 2.25. The second-order valence-corrected chi connectivity index (χ2v) is 5.26. The Morgan fingerprint density at radius 1 is 1.62 bits per heavy atom. The van der Waals surface area contributed by atoms with Crippen molar-refractivity contribution >= 4 is 29.1 Å². The quantitative estimate of drug-likeness (QED) is 0.705. The van der Waals surface area contributed by atoms with Crippen molar-refractivity contribution in [1.82, 2.24) is 10.6 Å². The predicted octanol–water partition coefficient (Wildman–Crippen LogP) is 1.75. The highest BCUT2D eigenvalue weighted by molar-refractivity contribution is 8.00. The summed E-state index contributed by atoms with van der Waals surface area (Å²) in [5, 5.41) is 8.07. The van der Waals surface area contributed by atoms with Crippen LogP contribution in [0, 0.1) is 0 Å². The second kappa shape index (κ2) is 5.70. The number of hydrogen-bond acceptors (Lipinski definition) is 2. The highest BCUT2D eigenvalue weighted by Gasteiger charge is 2.23. The van der Waals surface area contributed by atoms with E-state index in [4.69, 9.17) is 12.2 Å². The van der Waals surface area contributed by atoms with Crippen LogP contribution in [-0.2, 0) is 0 Å². The fourth-order valence-electron chi connectivity index (χ4n) is 1.38. The van der Waals surface area contributed by atoms with Gasteiger partial charge < -0.3 is 10.6 Å². The molecule has 1 aliphatic rings. The van der Waals surface area contributed by atoms with Crippen LogP contribution in [-0.4, -0.2) is 28.7 Å². The normalized spacial score (nSPS) is 27.2. The first-order valence-electron chi connectivity index (χ1n) is 4.90. The van der Waals surface area contributed by atoms with E-state index in [1.807, 2.05) is 11.8 Å². The summed E-state index contributed by atoms with van der Waals surface area (Å²) in [6, 6.07) is 0.571. The van der Waals surface area contributed by atoms with Crippen LogP contribution in [0.3, 0.4) is 0 Å². The van der Waals surface area contributed by atoms with E-state index in [1.54, 1.807) is 0 Å². The first-order chi connectivity index (χ1) is 6.24. The molecule has 1 saturated heterocycles. The molecule has 0 radical (unpaired) electrons. The van der Waals surface area contributed by atoms with Crippen molar-refractivity contribution < 1.29 is 0 Å². The second-order valence-electron chi connectivity index (χ2n) is 3.37. The molecule has 2 N–H and O–H groups in total. The van der Waals surface area contributed by atoms with Crippen molar-refractivity contribution in [2.45, 2.75) is 38.0 Å². The van der Waals surface area contributed by atoms with Crippen LogP contribution in [0.4, 0.5) is 0 Å². The van der Waals surface area contributed by atoms with E-state index < -0.39 is 0 Å². The lowest BCUT2D eigenvalue weighted by molar-refractivity contribution is 0.602. The first kappa shape index (κ1) is 11.1. The van der Waals surface area contributed by atoms with E-state index in [-0.39, 0.29) is 0 Å². The number of hydrogen-bond donors (Lipinski definition) is 2. The Labute approximate surface area is 90.2 Å². The van der Waals surface area contributed by atoms with Gasteiger partial charge in [0.25, 0.3) is 0 Å². The minimum atomic E-state index is 0.571. The zero-order chi connectivity index (χ0) is 9.68. The average Bonchev–Trinajstić information content (AvgIpc) is 2.48. The molecule has 1 fully saturated rings. The molecule has 0 aliphatic carbocycles. The minimum absolute atomic E-state index is 0.571. The van der Waals surface area contributed by atoms with Crippen molar-refractivity contribution in [3.63, 3.8) is 0 Å². The van der Waals surface area contributed by atoms with Crippen LogP contribution in [0.15, 0.2) is 0 Å². The summed E-state index contributed by atoms with van der Waals surface area (Å²) in [5.74, 6) is 1.26. The molecule has 0 bridgehead atoms. The summed E-state index contributed by atoms with van der Waals surface area (Å²) in [5.41, 5.74) is 0. The maximum absolute atomic E-state index is 5.18. The number of rotatable bonds is 3. The van der Waals surface area contributed by atoms with Crippen molar-refractivity contribution in [3.8, 4) is 0 Å². The van der Waals surface area contributed by atoms with Gasteiger partial charge in [0.2, 0.25) is 0 Å². The lowest BCUT2D eigenvalue weighted by Gasteiger charge is -2.18. The molecule has 0 aromatic carbocycles. The van der Waals surface area contributed by atoms with Crippen molar-refractivity contribution in [2.24, 2.45) is 0 Å². The topological polar surface area (TPSA) is 24.1 Å². The maximum Gasteiger partial charge on any atom is 0.166 e. The molecule has 1 heterocycles. The molecule has 0 aromatic rings. The zero-order valence-corrected chi connectivity index (χ0v) is 9.93. The molecule has 1 aliphatic heterocycles. The van der Waals surface area contributed by atoms with Gasteiger partial charge in [0.05, 0.1) is 0 Å². The summed E-state index contributed by atoms with van der Waals surface area (Å²) in [4.78, 5) is 0. The Bertz CT molecular complexity index is 173. The van der Waals surface area contributed by atoms with Gasteiger partial charge in [0.15, 0.2) is 5.11 Å². The molecule has 13 heavy (non-hydrogen) atoms. The SMILES string of the molecule is CCCNC(=S)NC1CCSC1C. The summed E-state index contributed by atoms with van der Waals surface area (Å²) in [6.07, 6.45) is 2.36. The van der Waals surface area contributed by atoms with Crippen molar-refractivity contribution in [1.29, 1.82) is 0 Å². The molecule has 4 heteroatoms. The van der Waals surface area contributed by atoms with Crippen LogP contribution in [0.2, 0.25) is 0 Å². The Hall–Kier alpha value is 0.0400. The van der Waals surface area contributed by atoms with Crippen molar-refractivity contribution in [3.05, 3.63) is 0 Å². The van der Waals surface area contributed by atoms with Gasteiger partial charge in [-0.1, -0.05) is 13.8 Å². The zero-order valence-electron chi connectivity index (χ0n) is 8.30. The highest BCUT2D eigenvalue weighted by atomic mass is 32.2. The van der Waals surface area contributed by atoms with E-state index in [2.05, 4.69) is 24.5 Å². The van der Waals surface area contributed by atoms with Gasteiger partial charge in [0.1, 0.15) is 0 Å². The molecule has 2 nitrogen and oxygen atoms in total. The van der Waals surface area contributed by atoms with E-state index in [0.717, 1.165) is 18.1 Å². The predicted molar refractivity (Wildman–Crippen MR) is 64.4 cm³/mol. The molecular weight excluding hydrogens is 200 g/mol. The molecule has 2 unspecified atom stereocenters. The first-order valence-corrected chi connectivity index (χ1v) is 6.35. The third kappa shape index (κ3) is 3.73. The third-order valence-corrected chi connectivity index (χ3v) is 3.82. The van der Waals surface area contributed by atoms with Gasteiger partial charge in [-0.05, 0) is 30.8 Å². The van der Waals surface area contributed by atoms with Gasteiger partial charge in [-0.25, -0.2) is 0 Å². The standard InChI is InChI=1S/C9H18N2S2/c1-3-5-10-9(12)11-8-4-6-13-7(8)2/h7-8H,3-6H2,1-2H3,(H2,10,11,12). The van der Waals surface area contributed by atoms with E-state index >= 15 is 0 Å². The average molecular weight is 218 g/mol. The van der Waals surface area contributed by atoms with Crippen LogP contribution in [0.5, 0.6) is 0 Å². The van der Waals surface area contributed by atoms with E-state index in [0.29, 0.717) is 11.3 Å². The molecule has 0 amide bonds. The van der Waals surface area contributed by atoms with Gasteiger partial charge in [-0.2, -0.15) is 11.8 Å². The van der Waals surface area contributed by atoms with Crippen LogP contribution >= 0.6 is 24.0 Å². The smallest absolute Gasteiger partial charge is 0.166 e.